The number of hydrogen-bond donors (Lipinski definition) is 2. The van der Waals surface area contributed by atoms with Crippen LogP contribution in [0.3, 0.4) is 0 Å². The number of hydrogen-bond acceptors (Lipinski definition) is 2. The Morgan fingerprint density at radius 3 is 2.43 bits per heavy atom. The van der Waals surface area contributed by atoms with Crippen LogP contribution in [0.5, 0.6) is 0 Å². The van der Waals surface area contributed by atoms with Gasteiger partial charge in [-0.25, -0.2) is 0 Å². The molecule has 0 aliphatic carbocycles. The molecule has 0 fully saturated rings. The van der Waals surface area contributed by atoms with E-state index in [2.05, 4.69) is 10.6 Å². The van der Waals surface area contributed by atoms with Crippen LogP contribution in [0.1, 0.15) is 5.56 Å². The van der Waals surface area contributed by atoms with E-state index in [1.165, 1.54) is 5.56 Å². The Kier molecular flexibility index (Phi) is 6.50. The van der Waals surface area contributed by atoms with E-state index >= 15 is 0 Å². The number of thiocarbonyl (C=S) groups is 1. The van der Waals surface area contributed by atoms with Crippen molar-refractivity contribution in [2.75, 3.05) is 5.32 Å². The minimum Gasteiger partial charge on any atom is -0.332 e. The van der Waals surface area contributed by atoms with Crippen molar-refractivity contribution < 1.29 is 29.6 Å². The molecule has 0 bridgehead atoms. The topological polar surface area (TPSA) is 47.8 Å². The van der Waals surface area contributed by atoms with Crippen molar-refractivity contribution in [3.05, 3.63) is 29.8 Å². The van der Waals surface area contributed by atoms with Crippen LogP contribution in [0.4, 0.5) is 5.69 Å². The predicted molar refractivity (Wildman–Crippen MR) is 56.1 cm³/mol. The standard InChI is InChI=1S/C9H9N3S.Na/c1-7-2-4-8(5-3-7)12-9(13)11-6-10;/h2-5H,1H3,(H2,11,12,13);/q;+1. The van der Waals surface area contributed by atoms with E-state index in [-0.39, 0.29) is 29.6 Å². The van der Waals surface area contributed by atoms with E-state index in [0.717, 1.165) is 5.69 Å². The van der Waals surface area contributed by atoms with E-state index < -0.39 is 0 Å². The van der Waals surface area contributed by atoms with Gasteiger partial charge in [-0.05, 0) is 31.3 Å². The van der Waals surface area contributed by atoms with Crippen molar-refractivity contribution in [2.45, 2.75) is 6.92 Å². The van der Waals surface area contributed by atoms with Gasteiger partial charge in [-0.15, -0.1) is 0 Å². The smallest absolute Gasteiger partial charge is 0.332 e. The zero-order chi connectivity index (χ0) is 9.68. The minimum atomic E-state index is 0. The molecule has 5 heteroatoms. The molecule has 0 heterocycles. The quantitative estimate of drug-likeness (QED) is 0.266. The van der Waals surface area contributed by atoms with Crippen LogP contribution in [0, 0.1) is 18.4 Å². The molecule has 0 saturated heterocycles. The van der Waals surface area contributed by atoms with E-state index in [0.29, 0.717) is 5.11 Å². The Hall–Kier alpha value is -0.600. The normalized spacial score (nSPS) is 8.00. The molecule has 2 N–H and O–H groups in total. The van der Waals surface area contributed by atoms with Gasteiger partial charge in [-0.2, -0.15) is 5.26 Å². The zero-order valence-electron chi connectivity index (χ0n) is 8.16. The number of benzene rings is 1. The monoisotopic (exact) mass is 214 g/mol. The van der Waals surface area contributed by atoms with Crippen molar-refractivity contribution in [1.29, 1.82) is 5.26 Å². The molecule has 0 spiro atoms. The molecule has 0 aliphatic heterocycles. The van der Waals surface area contributed by atoms with Gasteiger partial charge < -0.3 is 5.32 Å². The SMILES string of the molecule is Cc1ccc(NC(=S)NC#N)cc1.[Na+]. The molecule has 0 atom stereocenters. The molecule has 0 amide bonds. The second-order valence-corrected chi connectivity index (χ2v) is 2.97. The number of nitriles is 1. The molecular weight excluding hydrogens is 205 g/mol. The molecule has 0 radical (unpaired) electrons. The summed E-state index contributed by atoms with van der Waals surface area (Å²) in [4.78, 5) is 0. The van der Waals surface area contributed by atoms with Crippen LogP contribution in [0.25, 0.3) is 0 Å². The third kappa shape index (κ3) is 4.58. The summed E-state index contributed by atoms with van der Waals surface area (Å²) in [5.74, 6) is 0. The van der Waals surface area contributed by atoms with E-state index in [9.17, 15) is 0 Å². The fourth-order valence-corrected chi connectivity index (χ4v) is 1.01. The van der Waals surface area contributed by atoms with Gasteiger partial charge in [0.15, 0.2) is 11.3 Å². The fourth-order valence-electron chi connectivity index (χ4n) is 0.850. The average Bonchev–Trinajstić information content (AvgIpc) is 2.09. The summed E-state index contributed by atoms with van der Waals surface area (Å²) in [6.45, 7) is 2.01. The number of nitrogens with zero attached hydrogens (tertiary/aromatic N) is 1. The maximum absolute atomic E-state index is 8.27. The van der Waals surface area contributed by atoms with Gasteiger partial charge >= 0.3 is 29.6 Å². The number of nitrogens with one attached hydrogen (secondary N) is 2. The minimum absolute atomic E-state index is 0. The second-order valence-electron chi connectivity index (χ2n) is 2.56. The van der Waals surface area contributed by atoms with Crippen molar-refractivity contribution in [1.82, 2.24) is 5.32 Å². The van der Waals surface area contributed by atoms with Gasteiger partial charge in [-0.3, -0.25) is 5.32 Å². The molecule has 0 aliphatic rings. The predicted octanol–water partition coefficient (Wildman–Crippen LogP) is -1.23. The summed E-state index contributed by atoms with van der Waals surface area (Å²) in [6.07, 6.45) is 1.75. The Bertz CT molecular complexity index is 342. The van der Waals surface area contributed by atoms with Gasteiger partial charge in [-0.1, -0.05) is 17.7 Å². The first-order valence-corrected chi connectivity index (χ1v) is 4.16. The largest absolute Gasteiger partial charge is 1.00 e. The molecule has 0 aromatic heterocycles. The maximum atomic E-state index is 8.27. The molecule has 66 valence electrons. The van der Waals surface area contributed by atoms with Crippen LogP contribution >= 0.6 is 12.2 Å². The molecule has 3 nitrogen and oxygen atoms in total. The summed E-state index contributed by atoms with van der Waals surface area (Å²) in [7, 11) is 0. The fraction of sp³-hybridized carbons (Fsp3) is 0.111. The first-order valence-electron chi connectivity index (χ1n) is 3.75. The summed E-state index contributed by atoms with van der Waals surface area (Å²) in [5.41, 5.74) is 2.06. The van der Waals surface area contributed by atoms with Gasteiger partial charge in [0.1, 0.15) is 0 Å². The van der Waals surface area contributed by atoms with Crippen LogP contribution in [-0.2, 0) is 0 Å². The third-order valence-corrected chi connectivity index (χ3v) is 1.68. The Balaban J connectivity index is 0.00000169. The molecule has 14 heavy (non-hydrogen) atoms. The number of rotatable bonds is 1. The Morgan fingerprint density at radius 2 is 1.93 bits per heavy atom. The second kappa shape index (κ2) is 6.80. The maximum Gasteiger partial charge on any atom is 1.00 e. The molecular formula is C9H9N3NaS+. The molecule has 1 aromatic carbocycles. The van der Waals surface area contributed by atoms with E-state index in [1.807, 2.05) is 31.2 Å². The first-order chi connectivity index (χ1) is 6.22. The molecule has 1 aromatic rings. The summed E-state index contributed by atoms with van der Waals surface area (Å²) in [6, 6.07) is 7.75. The van der Waals surface area contributed by atoms with E-state index in [4.69, 9.17) is 17.5 Å². The summed E-state index contributed by atoms with van der Waals surface area (Å²) < 4.78 is 0. The van der Waals surface area contributed by atoms with Crippen molar-refractivity contribution >= 4 is 23.0 Å². The van der Waals surface area contributed by atoms with Gasteiger partial charge in [0, 0.05) is 5.69 Å². The van der Waals surface area contributed by atoms with Crippen LogP contribution in [0.2, 0.25) is 0 Å². The zero-order valence-corrected chi connectivity index (χ0v) is 11.0. The van der Waals surface area contributed by atoms with Crippen LogP contribution < -0.4 is 40.2 Å². The number of aryl methyl sites for hydroxylation is 1. The third-order valence-electron chi connectivity index (χ3n) is 1.48. The summed E-state index contributed by atoms with van der Waals surface area (Å²) in [5, 5.41) is 13.8. The van der Waals surface area contributed by atoms with Crippen LogP contribution in [-0.4, -0.2) is 5.11 Å². The first kappa shape index (κ1) is 13.4. The van der Waals surface area contributed by atoms with Gasteiger partial charge in [0.2, 0.25) is 0 Å². The molecule has 0 saturated carbocycles. The average molecular weight is 214 g/mol. The van der Waals surface area contributed by atoms with E-state index in [1.54, 1.807) is 6.19 Å². The molecule has 0 unspecified atom stereocenters. The van der Waals surface area contributed by atoms with Crippen molar-refractivity contribution in [3.63, 3.8) is 0 Å². The van der Waals surface area contributed by atoms with Gasteiger partial charge in [0.05, 0.1) is 0 Å². The van der Waals surface area contributed by atoms with Crippen molar-refractivity contribution in [3.8, 4) is 6.19 Å². The Morgan fingerprint density at radius 1 is 1.36 bits per heavy atom. The molecule has 1 rings (SSSR count). The Labute approximate surface area is 111 Å². The van der Waals surface area contributed by atoms with Crippen LogP contribution in [0.15, 0.2) is 24.3 Å². The van der Waals surface area contributed by atoms with Crippen molar-refractivity contribution in [2.24, 2.45) is 0 Å². The van der Waals surface area contributed by atoms with Gasteiger partial charge in [0.25, 0.3) is 0 Å². The summed E-state index contributed by atoms with van der Waals surface area (Å²) >= 11 is 4.82. The number of anilines is 1.